The Bertz CT molecular complexity index is 1390. The smallest absolute Gasteiger partial charge is 0.279 e. The normalized spacial score (nSPS) is 13.0. The van der Waals surface area contributed by atoms with Crippen LogP contribution in [0.1, 0.15) is 11.1 Å². The van der Waals surface area contributed by atoms with Crippen LogP contribution < -0.4 is 10.6 Å². The Morgan fingerprint density at radius 2 is 1.64 bits per heavy atom. The minimum absolute atomic E-state index is 0.0383. The molecule has 0 unspecified atom stereocenters. The second-order valence-corrected chi connectivity index (χ2v) is 7.11. The fourth-order valence-electron chi connectivity index (χ4n) is 3.80. The van der Waals surface area contributed by atoms with Crippen molar-refractivity contribution in [3.8, 4) is 5.88 Å². The van der Waals surface area contributed by atoms with Crippen molar-refractivity contribution in [3.05, 3.63) is 99.5 Å². The van der Waals surface area contributed by atoms with Crippen LogP contribution in [0.5, 0.6) is 5.88 Å². The van der Waals surface area contributed by atoms with E-state index in [4.69, 9.17) is 11.6 Å². The fourth-order valence-corrected chi connectivity index (χ4v) is 3.99. The van der Waals surface area contributed by atoms with Gasteiger partial charge in [0.1, 0.15) is 0 Å². The van der Waals surface area contributed by atoms with E-state index in [-0.39, 0.29) is 11.8 Å². The highest BCUT2D eigenvalue weighted by atomic mass is 35.5. The number of carbonyl (C=O) groups excluding carboxylic acids is 1. The first-order chi connectivity index (χ1) is 13.6. The van der Waals surface area contributed by atoms with Crippen molar-refractivity contribution in [1.29, 1.82) is 0 Å². The van der Waals surface area contributed by atoms with Gasteiger partial charge in [0, 0.05) is 15.6 Å². The molecule has 1 aliphatic rings. The average molecular weight is 387 g/mol. The molecule has 1 aliphatic heterocycles. The maximum absolute atomic E-state index is 12.7. The second kappa shape index (κ2) is 6.36. The molecule has 4 aromatic rings. The van der Waals surface area contributed by atoms with E-state index < -0.39 is 0 Å². The quantitative estimate of drug-likeness (QED) is 0.586. The van der Waals surface area contributed by atoms with Gasteiger partial charge in [0.05, 0.1) is 28.6 Å². The summed E-state index contributed by atoms with van der Waals surface area (Å²) < 4.78 is 1.78. The van der Waals surface area contributed by atoms with Gasteiger partial charge in [-0.3, -0.25) is 4.79 Å². The molecule has 1 N–H and O–H groups in total. The second-order valence-electron chi connectivity index (χ2n) is 6.70. The summed E-state index contributed by atoms with van der Waals surface area (Å²) in [5.74, 6) is -0.298. The van der Waals surface area contributed by atoms with E-state index in [1.165, 1.54) is 0 Å². The summed E-state index contributed by atoms with van der Waals surface area (Å²) in [6.07, 6.45) is 0. The Morgan fingerprint density at radius 3 is 2.50 bits per heavy atom. The Morgan fingerprint density at radius 1 is 0.929 bits per heavy atom. The molecule has 5 heteroatoms. The van der Waals surface area contributed by atoms with Gasteiger partial charge in [-0.15, -0.1) is 0 Å². The number of fused-ring (bicyclic) bond motifs is 2. The largest absolute Gasteiger partial charge is 0.494 e. The molecule has 4 nitrogen and oxygen atoms in total. The van der Waals surface area contributed by atoms with E-state index in [1.807, 2.05) is 66.7 Å². The number of amides is 1. The van der Waals surface area contributed by atoms with Crippen molar-refractivity contribution in [2.24, 2.45) is 4.99 Å². The van der Waals surface area contributed by atoms with Gasteiger partial charge in [0.2, 0.25) is 5.88 Å². The molecule has 1 aromatic heterocycles. The molecule has 0 fully saturated rings. The predicted molar refractivity (Wildman–Crippen MR) is 109 cm³/mol. The number of halogens is 1. The summed E-state index contributed by atoms with van der Waals surface area (Å²) in [5, 5.41) is 14.0. The number of aromatic nitrogens is 1. The SMILES string of the molecule is O=C1N=c2ccccc2=C1c1c(O)n(Cc2ccccc2Cl)c2ccccc12. The van der Waals surface area contributed by atoms with E-state index in [2.05, 4.69) is 4.99 Å². The lowest BCUT2D eigenvalue weighted by molar-refractivity contribution is -0.112. The highest BCUT2D eigenvalue weighted by Crippen LogP contribution is 2.37. The van der Waals surface area contributed by atoms with E-state index in [1.54, 1.807) is 10.6 Å². The summed E-state index contributed by atoms with van der Waals surface area (Å²) in [7, 11) is 0. The lowest BCUT2D eigenvalue weighted by Crippen LogP contribution is -2.22. The molecule has 2 heterocycles. The molecule has 0 radical (unpaired) electrons. The van der Waals surface area contributed by atoms with Crippen LogP contribution >= 0.6 is 11.6 Å². The number of hydrogen-bond acceptors (Lipinski definition) is 2. The number of nitrogens with zero attached hydrogens (tertiary/aromatic N) is 2. The first-order valence-electron chi connectivity index (χ1n) is 8.91. The molecular weight excluding hydrogens is 372 g/mol. The summed E-state index contributed by atoms with van der Waals surface area (Å²) in [6.45, 7) is 0.395. The van der Waals surface area contributed by atoms with Crippen LogP contribution in [0.2, 0.25) is 5.02 Å². The first kappa shape index (κ1) is 16.8. The fraction of sp³-hybridized carbons (Fsp3) is 0.0435. The van der Waals surface area contributed by atoms with Crippen LogP contribution in [0.4, 0.5) is 0 Å². The molecule has 28 heavy (non-hydrogen) atoms. The lowest BCUT2D eigenvalue weighted by Gasteiger charge is -2.09. The predicted octanol–water partition coefficient (Wildman–Crippen LogP) is 3.41. The lowest BCUT2D eigenvalue weighted by atomic mass is 10.0. The van der Waals surface area contributed by atoms with Crippen LogP contribution in [-0.4, -0.2) is 15.6 Å². The van der Waals surface area contributed by atoms with Crippen molar-refractivity contribution >= 4 is 34.0 Å². The summed E-state index contributed by atoms with van der Waals surface area (Å²) >= 11 is 6.33. The van der Waals surface area contributed by atoms with Gasteiger partial charge in [-0.2, -0.15) is 0 Å². The van der Waals surface area contributed by atoms with Crippen LogP contribution in [0.25, 0.3) is 16.5 Å². The maximum Gasteiger partial charge on any atom is 0.279 e. The third-order valence-corrected chi connectivity index (χ3v) is 5.46. The summed E-state index contributed by atoms with van der Waals surface area (Å²) in [4.78, 5) is 16.9. The van der Waals surface area contributed by atoms with Crippen molar-refractivity contribution in [2.75, 3.05) is 0 Å². The van der Waals surface area contributed by atoms with Crippen molar-refractivity contribution in [2.45, 2.75) is 6.54 Å². The first-order valence-corrected chi connectivity index (χ1v) is 9.29. The molecule has 3 aromatic carbocycles. The highest BCUT2D eigenvalue weighted by Gasteiger charge is 2.27. The van der Waals surface area contributed by atoms with Crippen molar-refractivity contribution in [1.82, 2.24) is 4.57 Å². The molecule has 0 atom stereocenters. The van der Waals surface area contributed by atoms with Gasteiger partial charge in [-0.25, -0.2) is 4.99 Å². The monoisotopic (exact) mass is 386 g/mol. The number of aromatic hydroxyl groups is 1. The van der Waals surface area contributed by atoms with Gasteiger partial charge in [-0.1, -0.05) is 66.2 Å². The van der Waals surface area contributed by atoms with Gasteiger partial charge in [-0.05, 0) is 23.8 Å². The van der Waals surface area contributed by atoms with Crippen LogP contribution in [0.3, 0.4) is 0 Å². The van der Waals surface area contributed by atoms with E-state index in [0.717, 1.165) is 21.7 Å². The Hall–Kier alpha value is -3.37. The Labute approximate surface area is 165 Å². The number of benzene rings is 3. The minimum Gasteiger partial charge on any atom is -0.494 e. The minimum atomic E-state index is -0.336. The summed E-state index contributed by atoms with van der Waals surface area (Å²) in [6, 6.07) is 22.6. The van der Waals surface area contributed by atoms with Gasteiger partial charge < -0.3 is 9.67 Å². The molecular formula is C23H15ClN2O2. The van der Waals surface area contributed by atoms with Gasteiger partial charge >= 0.3 is 0 Å². The van der Waals surface area contributed by atoms with E-state index in [9.17, 15) is 9.90 Å². The van der Waals surface area contributed by atoms with Crippen molar-refractivity contribution in [3.63, 3.8) is 0 Å². The van der Waals surface area contributed by atoms with Gasteiger partial charge in [0.15, 0.2) is 0 Å². The topological polar surface area (TPSA) is 54.6 Å². The zero-order chi connectivity index (χ0) is 19.3. The van der Waals surface area contributed by atoms with Gasteiger partial charge in [0.25, 0.3) is 5.91 Å². The maximum atomic E-state index is 12.7. The Balaban J connectivity index is 1.82. The zero-order valence-corrected chi connectivity index (χ0v) is 15.5. The zero-order valence-electron chi connectivity index (χ0n) is 14.8. The average Bonchev–Trinajstić information content (AvgIpc) is 3.17. The molecule has 0 saturated heterocycles. The number of carbonyl (C=O) groups is 1. The number of para-hydroxylation sites is 2. The third-order valence-electron chi connectivity index (χ3n) is 5.09. The Kier molecular flexibility index (Phi) is 3.81. The molecule has 136 valence electrons. The molecule has 0 spiro atoms. The van der Waals surface area contributed by atoms with E-state index >= 15 is 0 Å². The van der Waals surface area contributed by atoms with Crippen LogP contribution in [0, 0.1) is 0 Å². The van der Waals surface area contributed by atoms with E-state index in [0.29, 0.717) is 28.1 Å². The van der Waals surface area contributed by atoms with Crippen LogP contribution in [-0.2, 0) is 11.3 Å². The third kappa shape index (κ3) is 2.46. The molecule has 5 rings (SSSR count). The number of rotatable bonds is 3. The molecule has 0 aliphatic carbocycles. The molecule has 1 amide bonds. The molecule has 0 saturated carbocycles. The molecule has 0 bridgehead atoms. The number of hydrogen-bond donors (Lipinski definition) is 1. The highest BCUT2D eigenvalue weighted by molar-refractivity contribution is 6.31. The van der Waals surface area contributed by atoms with Crippen molar-refractivity contribution < 1.29 is 9.90 Å². The standard InChI is InChI=1S/C23H15ClN2O2/c24-17-10-4-1-7-14(17)13-26-19-12-6-3-9-16(19)21(23(26)28)20-15-8-2-5-11-18(15)25-22(20)27/h1-12,28H,13H2. The van der Waals surface area contributed by atoms with Crippen LogP contribution in [0.15, 0.2) is 77.8 Å². The summed E-state index contributed by atoms with van der Waals surface area (Å²) in [5.41, 5.74) is 2.67.